The van der Waals surface area contributed by atoms with E-state index in [4.69, 9.17) is 10.3 Å². The van der Waals surface area contributed by atoms with Crippen LogP contribution in [0.3, 0.4) is 0 Å². The number of nitrogens with one attached hydrogen (secondary N) is 1. The molecule has 138 valence electrons. The average molecular weight is 372 g/mol. The van der Waals surface area contributed by atoms with E-state index in [0.717, 1.165) is 46.8 Å². The van der Waals surface area contributed by atoms with E-state index in [1.165, 1.54) is 37.0 Å². The van der Waals surface area contributed by atoms with Gasteiger partial charge in [-0.1, -0.05) is 18.0 Å². The molecule has 2 heterocycles. The summed E-state index contributed by atoms with van der Waals surface area (Å²) in [6.07, 6.45) is 7.28. The minimum atomic E-state index is -0.659. The molecule has 0 bridgehead atoms. The van der Waals surface area contributed by atoms with Crippen LogP contribution in [0.15, 0.2) is 4.52 Å². The Morgan fingerprint density at radius 1 is 1.35 bits per heavy atom. The normalized spacial score (nSPS) is 25.5. The van der Waals surface area contributed by atoms with Crippen molar-refractivity contribution < 1.29 is 9.32 Å². The van der Waals surface area contributed by atoms with Crippen LogP contribution in [0.1, 0.15) is 71.0 Å². The largest absolute Gasteiger partial charge is 0.390 e. The molecule has 26 heavy (non-hydrogen) atoms. The molecule has 0 amide bonds. The van der Waals surface area contributed by atoms with E-state index >= 15 is 0 Å². The van der Waals surface area contributed by atoms with Crippen LogP contribution in [0.5, 0.6) is 0 Å². The van der Waals surface area contributed by atoms with Crippen LogP contribution in [0.25, 0.3) is 0 Å². The van der Waals surface area contributed by atoms with Crippen LogP contribution in [0.2, 0.25) is 0 Å². The van der Waals surface area contributed by atoms with Gasteiger partial charge in [-0.15, -0.1) is 11.3 Å². The summed E-state index contributed by atoms with van der Waals surface area (Å²) in [5.41, 5.74) is 7.93. The molecular weight excluding hydrogens is 348 g/mol. The first-order chi connectivity index (χ1) is 12.6. The average Bonchev–Trinajstić information content (AvgIpc) is 3.53. The van der Waals surface area contributed by atoms with Crippen molar-refractivity contribution in [2.45, 2.75) is 69.9 Å². The quantitative estimate of drug-likeness (QED) is 0.809. The number of nitrogens with two attached hydrogens (primary N) is 1. The SMILES string of the molecule is Cc1noc(C2(CC3CC3)CCc3c(sc(N)c3CNC3CC3)C2=O)n1. The topological polar surface area (TPSA) is 94.0 Å². The van der Waals surface area contributed by atoms with Crippen molar-refractivity contribution in [3.63, 3.8) is 0 Å². The van der Waals surface area contributed by atoms with Crippen molar-refractivity contribution in [3.05, 3.63) is 27.7 Å². The summed E-state index contributed by atoms with van der Waals surface area (Å²) in [4.78, 5) is 18.9. The van der Waals surface area contributed by atoms with Crippen LogP contribution in [0.4, 0.5) is 5.00 Å². The summed E-state index contributed by atoms with van der Waals surface area (Å²) in [6.45, 7) is 2.58. The summed E-state index contributed by atoms with van der Waals surface area (Å²) in [6, 6.07) is 0.625. The van der Waals surface area contributed by atoms with Crippen molar-refractivity contribution in [3.8, 4) is 0 Å². The number of hydrogen-bond donors (Lipinski definition) is 2. The zero-order chi connectivity index (χ0) is 17.9. The van der Waals surface area contributed by atoms with Gasteiger partial charge in [0, 0.05) is 18.2 Å². The van der Waals surface area contributed by atoms with Gasteiger partial charge in [0.2, 0.25) is 5.89 Å². The summed E-state index contributed by atoms with van der Waals surface area (Å²) in [5, 5.41) is 8.28. The fourth-order valence-electron chi connectivity index (χ4n) is 4.16. The van der Waals surface area contributed by atoms with Crippen molar-refractivity contribution in [1.29, 1.82) is 0 Å². The number of anilines is 1. The third-order valence-corrected chi connectivity index (χ3v) is 7.11. The third-order valence-electron chi connectivity index (χ3n) is 6.01. The monoisotopic (exact) mass is 372 g/mol. The number of ketones is 1. The first-order valence-corrected chi connectivity index (χ1v) is 10.4. The van der Waals surface area contributed by atoms with E-state index < -0.39 is 5.41 Å². The van der Waals surface area contributed by atoms with Crippen molar-refractivity contribution >= 4 is 22.1 Å². The molecule has 5 rings (SSSR count). The number of fused-ring (bicyclic) bond motifs is 1. The Hall–Kier alpha value is -1.73. The first-order valence-electron chi connectivity index (χ1n) is 9.56. The number of rotatable bonds is 6. The summed E-state index contributed by atoms with van der Waals surface area (Å²) >= 11 is 1.45. The highest BCUT2D eigenvalue weighted by molar-refractivity contribution is 7.18. The van der Waals surface area contributed by atoms with E-state index in [-0.39, 0.29) is 5.78 Å². The van der Waals surface area contributed by atoms with Gasteiger partial charge in [0.25, 0.3) is 0 Å². The number of carbonyl (C=O) groups is 1. The highest BCUT2D eigenvalue weighted by Crippen LogP contribution is 2.50. The maximum absolute atomic E-state index is 13.6. The van der Waals surface area contributed by atoms with Gasteiger partial charge in [-0.3, -0.25) is 4.79 Å². The van der Waals surface area contributed by atoms with Gasteiger partial charge in [-0.2, -0.15) is 4.98 Å². The number of Topliss-reactive ketones (excluding diaryl/α,β-unsaturated/α-hetero) is 1. The van der Waals surface area contributed by atoms with Crippen molar-refractivity contribution in [1.82, 2.24) is 15.5 Å². The first kappa shape index (κ1) is 16.4. The maximum Gasteiger partial charge on any atom is 0.240 e. The molecule has 3 aliphatic carbocycles. The zero-order valence-corrected chi connectivity index (χ0v) is 15.8. The maximum atomic E-state index is 13.6. The number of hydrogen-bond acceptors (Lipinski definition) is 7. The van der Waals surface area contributed by atoms with E-state index in [9.17, 15) is 4.79 Å². The summed E-state index contributed by atoms with van der Waals surface area (Å²) < 4.78 is 5.52. The molecule has 1 unspecified atom stereocenters. The molecule has 0 aliphatic heterocycles. The lowest BCUT2D eigenvalue weighted by molar-refractivity contribution is 0.0804. The Labute approximate surface area is 156 Å². The molecule has 0 spiro atoms. The van der Waals surface area contributed by atoms with E-state index in [2.05, 4.69) is 15.5 Å². The van der Waals surface area contributed by atoms with Gasteiger partial charge in [0.1, 0.15) is 5.41 Å². The minimum absolute atomic E-state index is 0.142. The van der Waals surface area contributed by atoms with E-state index in [1.54, 1.807) is 6.92 Å². The molecule has 0 saturated heterocycles. The summed E-state index contributed by atoms with van der Waals surface area (Å²) in [7, 11) is 0. The second-order valence-electron chi connectivity index (χ2n) is 8.11. The molecule has 3 N–H and O–H groups in total. The Morgan fingerprint density at radius 2 is 2.15 bits per heavy atom. The highest BCUT2D eigenvalue weighted by atomic mass is 32.1. The van der Waals surface area contributed by atoms with Crippen molar-refractivity contribution in [2.24, 2.45) is 5.92 Å². The Bertz CT molecular complexity index is 865. The standard InChI is InChI=1S/C19H24N4O2S/c1-10-22-18(25-23-10)19(8-11-2-3-11)7-6-13-14(9-21-12-4-5-12)17(20)26-15(13)16(19)24/h11-12,21H,2-9,20H2,1H3. The zero-order valence-electron chi connectivity index (χ0n) is 15.0. The van der Waals surface area contributed by atoms with Crippen LogP contribution >= 0.6 is 11.3 Å². The van der Waals surface area contributed by atoms with Gasteiger partial charge in [0.15, 0.2) is 11.6 Å². The number of carbonyl (C=O) groups excluding carboxylic acids is 1. The number of nitrogens with zero attached hydrogens (tertiary/aromatic N) is 2. The van der Waals surface area contributed by atoms with E-state index in [1.807, 2.05) is 0 Å². The summed E-state index contributed by atoms with van der Waals surface area (Å²) in [5.74, 6) is 1.83. The van der Waals surface area contributed by atoms with Gasteiger partial charge in [-0.05, 0) is 50.5 Å². The molecule has 3 aliphatic rings. The third kappa shape index (κ3) is 2.68. The predicted octanol–water partition coefficient (Wildman–Crippen LogP) is 3.14. The lowest BCUT2D eigenvalue weighted by Crippen LogP contribution is -2.40. The predicted molar refractivity (Wildman–Crippen MR) is 99.3 cm³/mol. The Balaban J connectivity index is 1.52. The minimum Gasteiger partial charge on any atom is -0.390 e. The van der Waals surface area contributed by atoms with Gasteiger partial charge in [0.05, 0.1) is 9.88 Å². The fraction of sp³-hybridized carbons (Fsp3) is 0.632. The number of thiophene rings is 1. The molecular formula is C19H24N4O2S. The molecule has 2 saturated carbocycles. The van der Waals surface area contributed by atoms with Crippen LogP contribution in [0, 0.1) is 12.8 Å². The second-order valence-corrected chi connectivity index (χ2v) is 9.17. The lowest BCUT2D eigenvalue weighted by Gasteiger charge is -2.32. The molecule has 2 aromatic heterocycles. The van der Waals surface area contributed by atoms with Crippen LogP contribution < -0.4 is 11.1 Å². The molecule has 6 nitrogen and oxygen atoms in total. The number of nitrogen functional groups attached to an aromatic ring is 1. The lowest BCUT2D eigenvalue weighted by atomic mass is 9.69. The highest BCUT2D eigenvalue weighted by Gasteiger charge is 2.52. The molecule has 0 radical (unpaired) electrons. The number of aryl methyl sites for hydroxylation is 1. The molecule has 1 atom stereocenters. The molecule has 0 aromatic carbocycles. The molecule has 2 fully saturated rings. The number of aromatic nitrogens is 2. The molecule has 7 heteroatoms. The second kappa shape index (κ2) is 5.89. The molecule has 2 aromatic rings. The van der Waals surface area contributed by atoms with Crippen LogP contribution in [-0.2, 0) is 18.4 Å². The smallest absolute Gasteiger partial charge is 0.240 e. The fourth-order valence-corrected chi connectivity index (χ4v) is 5.33. The van der Waals surface area contributed by atoms with E-state index in [0.29, 0.717) is 23.7 Å². The van der Waals surface area contributed by atoms with Gasteiger partial charge < -0.3 is 15.6 Å². The van der Waals surface area contributed by atoms with Gasteiger partial charge >= 0.3 is 0 Å². The van der Waals surface area contributed by atoms with Gasteiger partial charge in [-0.25, -0.2) is 0 Å². The van der Waals surface area contributed by atoms with Crippen LogP contribution in [-0.4, -0.2) is 22.0 Å². The Morgan fingerprint density at radius 3 is 2.81 bits per heavy atom. The Kier molecular flexibility index (Phi) is 3.72. The van der Waals surface area contributed by atoms with Crippen molar-refractivity contribution in [2.75, 3.05) is 5.73 Å².